The summed E-state index contributed by atoms with van der Waals surface area (Å²) in [6, 6.07) is 9.28. The molecule has 1 atom stereocenters. The third kappa shape index (κ3) is 4.04. The molecule has 0 aliphatic carbocycles. The highest BCUT2D eigenvalue weighted by Crippen LogP contribution is 2.22. The van der Waals surface area contributed by atoms with Gasteiger partial charge in [-0.25, -0.2) is 8.42 Å². The molecule has 1 aliphatic rings. The smallest absolute Gasteiger partial charge is 0.272 e. The van der Waals surface area contributed by atoms with Gasteiger partial charge in [0.1, 0.15) is 5.69 Å². The predicted octanol–water partition coefficient (Wildman–Crippen LogP) is 2.70. The molecule has 1 N–H and O–H groups in total. The maximum atomic E-state index is 12.7. The Morgan fingerprint density at radius 2 is 1.88 bits per heavy atom. The molecule has 1 aliphatic heterocycles. The standard InChI is InChI=1S/C19H23N3O3S/c1-13-4-5-15(10-14(13)2)21-16-6-8-20-18(11-16)19(23)22(3)17-7-9-26(24,25)12-17/h4-6,8,10-11,17H,7,9,12H2,1-3H3,(H,20,21). The summed E-state index contributed by atoms with van der Waals surface area (Å²) in [4.78, 5) is 18.3. The molecule has 6 nitrogen and oxygen atoms in total. The fraction of sp³-hybridized carbons (Fsp3) is 0.368. The number of rotatable bonds is 4. The van der Waals surface area contributed by atoms with Crippen LogP contribution in [0, 0.1) is 13.8 Å². The lowest BCUT2D eigenvalue weighted by molar-refractivity contribution is 0.0742. The maximum absolute atomic E-state index is 12.7. The van der Waals surface area contributed by atoms with Crippen LogP contribution in [0.25, 0.3) is 0 Å². The number of hydrogen-bond donors (Lipinski definition) is 1. The molecule has 1 unspecified atom stereocenters. The number of aryl methyl sites for hydroxylation is 2. The monoisotopic (exact) mass is 373 g/mol. The van der Waals surface area contributed by atoms with E-state index < -0.39 is 9.84 Å². The van der Waals surface area contributed by atoms with Gasteiger partial charge in [-0.3, -0.25) is 9.78 Å². The van der Waals surface area contributed by atoms with Gasteiger partial charge in [-0.05, 0) is 55.7 Å². The molecule has 26 heavy (non-hydrogen) atoms. The van der Waals surface area contributed by atoms with Crippen molar-refractivity contribution in [3.8, 4) is 0 Å². The highest BCUT2D eigenvalue weighted by molar-refractivity contribution is 7.91. The Morgan fingerprint density at radius 1 is 1.15 bits per heavy atom. The fourth-order valence-electron chi connectivity index (χ4n) is 3.04. The highest BCUT2D eigenvalue weighted by atomic mass is 32.2. The van der Waals surface area contributed by atoms with Crippen LogP contribution < -0.4 is 5.32 Å². The van der Waals surface area contributed by atoms with Crippen molar-refractivity contribution in [2.24, 2.45) is 0 Å². The van der Waals surface area contributed by atoms with Crippen LogP contribution in [-0.2, 0) is 9.84 Å². The maximum Gasteiger partial charge on any atom is 0.272 e. The Bertz CT molecular complexity index is 941. The van der Waals surface area contributed by atoms with Crippen LogP contribution >= 0.6 is 0 Å². The second-order valence-corrected chi connectivity index (χ2v) is 9.06. The molecule has 1 fully saturated rings. The fourth-order valence-corrected chi connectivity index (χ4v) is 4.81. The quantitative estimate of drug-likeness (QED) is 0.891. The van der Waals surface area contributed by atoms with Crippen molar-refractivity contribution in [1.82, 2.24) is 9.88 Å². The summed E-state index contributed by atoms with van der Waals surface area (Å²) in [5, 5.41) is 3.28. The summed E-state index contributed by atoms with van der Waals surface area (Å²) in [5.74, 6) is -0.108. The van der Waals surface area contributed by atoms with Gasteiger partial charge in [-0.1, -0.05) is 6.07 Å². The molecule has 2 aromatic rings. The normalized spacial score (nSPS) is 18.5. The lowest BCUT2D eigenvalue weighted by atomic mass is 10.1. The molecule has 0 radical (unpaired) electrons. The number of amides is 1. The number of nitrogens with zero attached hydrogens (tertiary/aromatic N) is 2. The molecule has 138 valence electrons. The minimum Gasteiger partial charge on any atom is -0.355 e. The van der Waals surface area contributed by atoms with Crippen LogP contribution in [0.4, 0.5) is 11.4 Å². The first kappa shape index (κ1) is 18.4. The van der Waals surface area contributed by atoms with Gasteiger partial charge in [0.2, 0.25) is 0 Å². The van der Waals surface area contributed by atoms with Gasteiger partial charge >= 0.3 is 0 Å². The average molecular weight is 373 g/mol. The minimum absolute atomic E-state index is 0.0236. The lowest BCUT2D eigenvalue weighted by Crippen LogP contribution is -2.38. The summed E-state index contributed by atoms with van der Waals surface area (Å²) >= 11 is 0. The van der Waals surface area contributed by atoms with Crippen LogP contribution in [-0.4, -0.2) is 48.8 Å². The summed E-state index contributed by atoms with van der Waals surface area (Å²) in [5.41, 5.74) is 4.40. The molecule has 0 spiro atoms. The molecule has 1 aromatic carbocycles. The number of nitrogens with one attached hydrogen (secondary N) is 1. The molecular weight excluding hydrogens is 350 g/mol. The first-order chi connectivity index (χ1) is 12.2. The predicted molar refractivity (Wildman–Crippen MR) is 103 cm³/mol. The minimum atomic E-state index is -3.04. The van der Waals surface area contributed by atoms with Gasteiger partial charge in [0.25, 0.3) is 5.91 Å². The van der Waals surface area contributed by atoms with E-state index in [9.17, 15) is 13.2 Å². The van der Waals surface area contributed by atoms with E-state index in [1.165, 1.54) is 16.0 Å². The van der Waals surface area contributed by atoms with E-state index in [4.69, 9.17) is 0 Å². The zero-order valence-electron chi connectivity index (χ0n) is 15.2. The Labute approximate surface area is 154 Å². The number of carbonyl (C=O) groups excluding carboxylic acids is 1. The third-order valence-electron chi connectivity index (χ3n) is 4.85. The average Bonchev–Trinajstić information content (AvgIpc) is 2.97. The molecular formula is C19H23N3O3S. The zero-order chi connectivity index (χ0) is 18.9. The largest absolute Gasteiger partial charge is 0.355 e. The Kier molecular flexibility index (Phi) is 5.00. The van der Waals surface area contributed by atoms with Crippen LogP contribution in [0.3, 0.4) is 0 Å². The summed E-state index contributed by atoms with van der Waals surface area (Å²) in [6.07, 6.45) is 2.06. The van der Waals surface area contributed by atoms with Crippen molar-refractivity contribution in [1.29, 1.82) is 0 Å². The second kappa shape index (κ2) is 7.07. The zero-order valence-corrected chi connectivity index (χ0v) is 16.0. The first-order valence-electron chi connectivity index (χ1n) is 8.53. The van der Waals surface area contributed by atoms with Crippen molar-refractivity contribution < 1.29 is 13.2 Å². The van der Waals surface area contributed by atoms with Crippen LogP contribution in [0.15, 0.2) is 36.5 Å². The van der Waals surface area contributed by atoms with Gasteiger partial charge < -0.3 is 10.2 Å². The van der Waals surface area contributed by atoms with Crippen molar-refractivity contribution in [2.45, 2.75) is 26.3 Å². The number of sulfone groups is 1. The highest BCUT2D eigenvalue weighted by Gasteiger charge is 2.33. The molecule has 1 saturated heterocycles. The summed E-state index contributed by atoms with van der Waals surface area (Å²) < 4.78 is 23.3. The Hall–Kier alpha value is -2.41. The van der Waals surface area contributed by atoms with Gasteiger partial charge in [0.15, 0.2) is 9.84 Å². The SMILES string of the molecule is Cc1ccc(Nc2ccnc(C(=O)N(C)C3CCS(=O)(=O)C3)c2)cc1C. The van der Waals surface area contributed by atoms with Crippen molar-refractivity contribution in [2.75, 3.05) is 23.9 Å². The van der Waals surface area contributed by atoms with Crippen LogP contribution in [0.5, 0.6) is 0 Å². The number of pyridine rings is 1. The Morgan fingerprint density at radius 3 is 2.54 bits per heavy atom. The van der Waals surface area contributed by atoms with Crippen LogP contribution in [0.1, 0.15) is 28.0 Å². The topological polar surface area (TPSA) is 79.4 Å². The van der Waals surface area contributed by atoms with Crippen molar-refractivity contribution in [3.63, 3.8) is 0 Å². The number of aromatic nitrogens is 1. The van der Waals surface area contributed by atoms with E-state index in [1.807, 2.05) is 25.1 Å². The van der Waals surface area contributed by atoms with Gasteiger partial charge in [-0.2, -0.15) is 0 Å². The number of benzene rings is 1. The van der Waals surface area contributed by atoms with E-state index in [1.54, 1.807) is 25.4 Å². The molecule has 7 heteroatoms. The van der Waals surface area contributed by atoms with E-state index in [0.29, 0.717) is 12.1 Å². The van der Waals surface area contributed by atoms with E-state index in [-0.39, 0.29) is 23.5 Å². The number of hydrogen-bond acceptors (Lipinski definition) is 5. The van der Waals surface area contributed by atoms with Crippen molar-refractivity contribution >= 4 is 27.1 Å². The van der Waals surface area contributed by atoms with Gasteiger partial charge in [0, 0.05) is 30.7 Å². The van der Waals surface area contributed by atoms with E-state index in [2.05, 4.69) is 17.2 Å². The van der Waals surface area contributed by atoms with Crippen LogP contribution in [0.2, 0.25) is 0 Å². The molecule has 3 rings (SSSR count). The second-order valence-electron chi connectivity index (χ2n) is 6.83. The van der Waals surface area contributed by atoms with Crippen molar-refractivity contribution in [3.05, 3.63) is 53.3 Å². The van der Waals surface area contributed by atoms with Gasteiger partial charge in [0.05, 0.1) is 11.5 Å². The molecule has 0 saturated carbocycles. The summed E-state index contributed by atoms with van der Waals surface area (Å²) in [7, 11) is -1.40. The molecule has 0 bridgehead atoms. The molecule has 2 heterocycles. The Balaban J connectivity index is 1.76. The van der Waals surface area contributed by atoms with E-state index in [0.717, 1.165) is 11.4 Å². The lowest BCUT2D eigenvalue weighted by Gasteiger charge is -2.23. The summed E-state index contributed by atoms with van der Waals surface area (Å²) in [6.45, 7) is 4.11. The molecule has 1 amide bonds. The van der Waals surface area contributed by atoms with E-state index >= 15 is 0 Å². The third-order valence-corrected chi connectivity index (χ3v) is 6.60. The first-order valence-corrected chi connectivity index (χ1v) is 10.4. The van der Waals surface area contributed by atoms with Gasteiger partial charge in [-0.15, -0.1) is 0 Å². The number of carbonyl (C=O) groups is 1. The molecule has 1 aromatic heterocycles. The number of anilines is 2.